The molecule has 1 unspecified atom stereocenters. The Morgan fingerprint density at radius 2 is 2.16 bits per heavy atom. The van der Waals surface area contributed by atoms with E-state index in [2.05, 4.69) is 19.2 Å². The predicted octanol–water partition coefficient (Wildman–Crippen LogP) is 3.44. The highest BCUT2D eigenvalue weighted by Crippen LogP contribution is 2.33. The van der Waals surface area contributed by atoms with Crippen LogP contribution in [-0.2, 0) is 0 Å². The SMILES string of the molecule is CC(C)NCC1CCN(c2c(F)cc(F)cc2Cl)C1. The molecule has 2 rings (SSSR count). The average molecular weight is 289 g/mol. The summed E-state index contributed by atoms with van der Waals surface area (Å²) in [5.74, 6) is -0.742. The van der Waals surface area contributed by atoms with Crippen molar-refractivity contribution in [3.05, 3.63) is 28.8 Å². The van der Waals surface area contributed by atoms with Crippen LogP contribution in [0.25, 0.3) is 0 Å². The molecule has 1 aliphatic heterocycles. The van der Waals surface area contributed by atoms with Gasteiger partial charge in [0.25, 0.3) is 0 Å². The lowest BCUT2D eigenvalue weighted by atomic mass is 10.1. The minimum Gasteiger partial charge on any atom is -0.368 e. The van der Waals surface area contributed by atoms with E-state index >= 15 is 0 Å². The van der Waals surface area contributed by atoms with Crippen molar-refractivity contribution in [3.8, 4) is 0 Å². The van der Waals surface area contributed by atoms with E-state index in [9.17, 15) is 8.78 Å². The fraction of sp³-hybridized carbons (Fsp3) is 0.571. The number of nitrogens with one attached hydrogen (secondary N) is 1. The third-order valence-corrected chi connectivity index (χ3v) is 3.69. The van der Waals surface area contributed by atoms with Gasteiger partial charge in [-0.3, -0.25) is 0 Å². The molecule has 0 saturated carbocycles. The molecule has 1 aromatic rings. The van der Waals surface area contributed by atoms with Gasteiger partial charge < -0.3 is 10.2 Å². The van der Waals surface area contributed by atoms with E-state index in [-0.39, 0.29) is 5.02 Å². The lowest BCUT2D eigenvalue weighted by molar-refractivity contribution is 0.479. The quantitative estimate of drug-likeness (QED) is 0.913. The van der Waals surface area contributed by atoms with Crippen LogP contribution in [0.4, 0.5) is 14.5 Å². The van der Waals surface area contributed by atoms with E-state index in [0.717, 1.165) is 32.1 Å². The van der Waals surface area contributed by atoms with E-state index < -0.39 is 11.6 Å². The molecule has 0 aliphatic carbocycles. The predicted molar refractivity (Wildman–Crippen MR) is 74.8 cm³/mol. The number of benzene rings is 1. The van der Waals surface area contributed by atoms with Crippen LogP contribution in [0.1, 0.15) is 20.3 Å². The Morgan fingerprint density at radius 1 is 1.42 bits per heavy atom. The molecule has 0 amide bonds. The second kappa shape index (κ2) is 6.06. The molecule has 0 bridgehead atoms. The Kier molecular flexibility index (Phi) is 4.63. The molecule has 0 spiro atoms. The number of anilines is 1. The van der Waals surface area contributed by atoms with Crippen molar-refractivity contribution in [1.29, 1.82) is 0 Å². The van der Waals surface area contributed by atoms with Crippen molar-refractivity contribution in [1.82, 2.24) is 5.32 Å². The van der Waals surface area contributed by atoms with E-state index in [0.29, 0.717) is 17.6 Å². The van der Waals surface area contributed by atoms with Crippen molar-refractivity contribution in [2.45, 2.75) is 26.3 Å². The smallest absolute Gasteiger partial charge is 0.150 e. The molecule has 1 atom stereocenters. The zero-order chi connectivity index (χ0) is 14.0. The molecule has 106 valence electrons. The molecule has 1 heterocycles. The monoisotopic (exact) mass is 288 g/mol. The highest BCUT2D eigenvalue weighted by atomic mass is 35.5. The Labute approximate surface area is 117 Å². The number of rotatable bonds is 4. The van der Waals surface area contributed by atoms with Crippen molar-refractivity contribution < 1.29 is 8.78 Å². The van der Waals surface area contributed by atoms with Crippen LogP contribution < -0.4 is 10.2 Å². The van der Waals surface area contributed by atoms with Gasteiger partial charge in [-0.25, -0.2) is 8.78 Å². The highest BCUT2D eigenvalue weighted by Gasteiger charge is 2.26. The molecule has 0 radical (unpaired) electrons. The summed E-state index contributed by atoms with van der Waals surface area (Å²) in [5, 5.41) is 3.53. The van der Waals surface area contributed by atoms with Crippen LogP contribution in [-0.4, -0.2) is 25.7 Å². The summed E-state index contributed by atoms with van der Waals surface area (Å²) < 4.78 is 26.9. The summed E-state index contributed by atoms with van der Waals surface area (Å²) in [4.78, 5) is 1.91. The average Bonchev–Trinajstić information content (AvgIpc) is 2.73. The number of halogens is 3. The summed E-state index contributed by atoms with van der Waals surface area (Å²) in [7, 11) is 0. The molecular weight excluding hydrogens is 270 g/mol. The third-order valence-electron chi connectivity index (χ3n) is 3.40. The second-order valence-electron chi connectivity index (χ2n) is 5.38. The minimum absolute atomic E-state index is 0.148. The van der Waals surface area contributed by atoms with Gasteiger partial charge >= 0.3 is 0 Å². The van der Waals surface area contributed by atoms with Crippen LogP contribution in [0.5, 0.6) is 0 Å². The van der Waals surface area contributed by atoms with Crippen molar-refractivity contribution in [3.63, 3.8) is 0 Å². The van der Waals surface area contributed by atoms with Crippen molar-refractivity contribution >= 4 is 17.3 Å². The summed E-state index contributed by atoms with van der Waals surface area (Å²) in [6.07, 6.45) is 0.993. The fourth-order valence-corrected chi connectivity index (χ4v) is 2.76. The first-order valence-electron chi connectivity index (χ1n) is 6.60. The van der Waals surface area contributed by atoms with Gasteiger partial charge in [0.1, 0.15) is 5.82 Å². The van der Waals surface area contributed by atoms with Crippen LogP contribution >= 0.6 is 11.6 Å². The number of nitrogens with zero attached hydrogens (tertiary/aromatic N) is 1. The molecule has 0 aromatic heterocycles. The first-order valence-corrected chi connectivity index (χ1v) is 6.98. The molecule has 1 N–H and O–H groups in total. The van der Waals surface area contributed by atoms with Gasteiger partial charge in [0.15, 0.2) is 5.82 Å². The highest BCUT2D eigenvalue weighted by molar-refractivity contribution is 6.33. The van der Waals surface area contributed by atoms with Gasteiger partial charge in [-0.15, -0.1) is 0 Å². The maximum atomic E-state index is 13.8. The molecule has 1 fully saturated rings. The fourth-order valence-electron chi connectivity index (χ4n) is 2.44. The number of hydrogen-bond donors (Lipinski definition) is 1. The van der Waals surface area contributed by atoms with Crippen molar-refractivity contribution in [2.75, 3.05) is 24.5 Å². The molecule has 5 heteroatoms. The topological polar surface area (TPSA) is 15.3 Å². The first kappa shape index (κ1) is 14.5. The third kappa shape index (κ3) is 3.57. The maximum absolute atomic E-state index is 13.8. The zero-order valence-corrected chi connectivity index (χ0v) is 12.0. The van der Waals surface area contributed by atoms with Crippen LogP contribution in [0, 0.1) is 17.6 Å². The van der Waals surface area contributed by atoms with Gasteiger partial charge in [-0.1, -0.05) is 25.4 Å². The lowest BCUT2D eigenvalue weighted by Gasteiger charge is -2.21. The van der Waals surface area contributed by atoms with E-state index in [1.54, 1.807) is 0 Å². The largest absolute Gasteiger partial charge is 0.368 e. The summed E-state index contributed by atoms with van der Waals surface area (Å²) in [6.45, 7) is 6.62. The van der Waals surface area contributed by atoms with Crippen LogP contribution in [0.3, 0.4) is 0 Å². The molecule has 1 aromatic carbocycles. The van der Waals surface area contributed by atoms with Gasteiger partial charge in [-0.05, 0) is 24.9 Å². The van der Waals surface area contributed by atoms with Crippen LogP contribution in [0.2, 0.25) is 5.02 Å². The maximum Gasteiger partial charge on any atom is 0.150 e. The second-order valence-corrected chi connectivity index (χ2v) is 5.79. The Bertz CT molecular complexity index is 428. The molecule has 2 nitrogen and oxygen atoms in total. The van der Waals surface area contributed by atoms with E-state index in [1.807, 2.05) is 4.90 Å². The molecule has 19 heavy (non-hydrogen) atoms. The van der Waals surface area contributed by atoms with Gasteiger partial charge in [0.05, 0.1) is 10.7 Å². The normalized spacial score (nSPS) is 19.5. The van der Waals surface area contributed by atoms with Gasteiger partial charge in [0.2, 0.25) is 0 Å². The minimum atomic E-state index is -0.636. The standard InChI is InChI=1S/C14H19ClF2N2/c1-9(2)18-7-10-3-4-19(8-10)14-12(15)5-11(16)6-13(14)17/h5-6,9-10,18H,3-4,7-8H2,1-2H3. The molecule has 1 aliphatic rings. The van der Waals surface area contributed by atoms with Gasteiger partial charge in [0, 0.05) is 25.2 Å². The van der Waals surface area contributed by atoms with Crippen molar-refractivity contribution in [2.24, 2.45) is 5.92 Å². The zero-order valence-electron chi connectivity index (χ0n) is 11.2. The van der Waals surface area contributed by atoms with E-state index in [1.165, 1.54) is 6.07 Å². The summed E-state index contributed by atoms with van der Waals surface area (Å²) in [6, 6.07) is 2.50. The molecule has 1 saturated heterocycles. The molecular formula is C14H19ClF2N2. The Hall–Kier alpha value is -0.870. The Morgan fingerprint density at radius 3 is 2.79 bits per heavy atom. The van der Waals surface area contributed by atoms with Gasteiger partial charge in [-0.2, -0.15) is 0 Å². The number of hydrogen-bond acceptors (Lipinski definition) is 2. The van der Waals surface area contributed by atoms with Crippen LogP contribution in [0.15, 0.2) is 12.1 Å². The summed E-state index contributed by atoms with van der Waals surface area (Å²) >= 11 is 5.95. The lowest BCUT2D eigenvalue weighted by Crippen LogP contribution is -2.31. The Balaban J connectivity index is 2.05. The first-order chi connectivity index (χ1) is 8.97. The summed E-state index contributed by atoms with van der Waals surface area (Å²) in [5.41, 5.74) is 0.329. The van der Waals surface area contributed by atoms with E-state index in [4.69, 9.17) is 11.6 Å².